The van der Waals surface area contributed by atoms with Gasteiger partial charge in [-0.1, -0.05) is 26.0 Å². The van der Waals surface area contributed by atoms with Gasteiger partial charge in [0.2, 0.25) is 5.88 Å². The van der Waals surface area contributed by atoms with Crippen LogP contribution in [0.3, 0.4) is 0 Å². The maximum Gasteiger partial charge on any atom is 0.264 e. The fraction of sp³-hybridized carbons (Fsp3) is 0.389. The molecule has 26 heavy (non-hydrogen) atoms. The molecule has 0 unspecified atom stereocenters. The number of hydrazone groups is 1. The van der Waals surface area contributed by atoms with Crippen LogP contribution in [0, 0.1) is 11.7 Å². The maximum absolute atomic E-state index is 12.2. The minimum Gasteiger partial charge on any atom is -0.494 e. The molecule has 0 fully saturated rings. The van der Waals surface area contributed by atoms with Crippen LogP contribution >= 0.6 is 12.2 Å². The van der Waals surface area contributed by atoms with Crippen LogP contribution in [-0.2, 0) is 0 Å². The molecular formula is C18H25N5O2S. The first-order chi connectivity index (χ1) is 12.5. The first-order valence-electron chi connectivity index (χ1n) is 8.61. The van der Waals surface area contributed by atoms with Gasteiger partial charge in [-0.05, 0) is 49.9 Å². The van der Waals surface area contributed by atoms with E-state index in [4.69, 9.17) is 12.2 Å². The van der Waals surface area contributed by atoms with Crippen LogP contribution in [0.4, 0.5) is 0 Å². The summed E-state index contributed by atoms with van der Waals surface area (Å²) in [5.74, 6) is -0.237. The van der Waals surface area contributed by atoms with Crippen molar-refractivity contribution >= 4 is 18.4 Å². The summed E-state index contributed by atoms with van der Waals surface area (Å²) < 4.78 is 1.55. The van der Waals surface area contributed by atoms with Crippen molar-refractivity contribution in [3.8, 4) is 11.6 Å². The summed E-state index contributed by atoms with van der Waals surface area (Å²) in [4.78, 5) is 17.0. The second-order valence-electron chi connectivity index (χ2n) is 5.86. The fourth-order valence-electron chi connectivity index (χ4n) is 2.58. The number of nitrogens with zero attached hydrogens (tertiary/aromatic N) is 3. The zero-order valence-corrected chi connectivity index (χ0v) is 16.1. The predicted octanol–water partition coefficient (Wildman–Crippen LogP) is 2.17. The molecule has 1 aromatic heterocycles. The monoisotopic (exact) mass is 375 g/mol. The molecular weight excluding hydrogens is 350 g/mol. The summed E-state index contributed by atoms with van der Waals surface area (Å²) in [6, 6.07) is 7.48. The smallest absolute Gasteiger partial charge is 0.264 e. The Kier molecular flexibility index (Phi) is 7.11. The molecule has 1 aromatic carbocycles. The van der Waals surface area contributed by atoms with Crippen molar-refractivity contribution in [2.75, 3.05) is 26.2 Å². The Balaban J connectivity index is 2.24. The van der Waals surface area contributed by atoms with Crippen LogP contribution in [0.1, 0.15) is 25.0 Å². The van der Waals surface area contributed by atoms with E-state index in [-0.39, 0.29) is 16.2 Å². The van der Waals surface area contributed by atoms with Crippen LogP contribution in [0.15, 0.2) is 34.2 Å². The molecule has 1 heterocycles. The van der Waals surface area contributed by atoms with Crippen molar-refractivity contribution in [2.45, 2.75) is 20.8 Å². The quantitative estimate of drug-likeness (QED) is 0.285. The van der Waals surface area contributed by atoms with Crippen LogP contribution in [0.25, 0.3) is 5.69 Å². The third kappa shape index (κ3) is 4.80. The van der Waals surface area contributed by atoms with Crippen molar-refractivity contribution in [1.82, 2.24) is 19.9 Å². The lowest BCUT2D eigenvalue weighted by molar-refractivity contribution is 0.303. The van der Waals surface area contributed by atoms with Crippen molar-refractivity contribution in [1.29, 1.82) is 0 Å². The standard InChI is InChI=1S/C18H25N5O2S/c1-4-22(5-2)10-9-19-20-12-15-16(24)21-18(26)23(17(15)25)14-8-6-7-13(3)11-14/h6-8,11-12,19,25H,4-5,9-10H2,1-3H3,(H,21,24,26). The van der Waals surface area contributed by atoms with Gasteiger partial charge in [-0.15, -0.1) is 0 Å². The number of aromatic amines is 1. The number of hydrogen-bond donors (Lipinski definition) is 3. The van der Waals surface area contributed by atoms with Gasteiger partial charge >= 0.3 is 0 Å². The second-order valence-corrected chi connectivity index (χ2v) is 6.25. The number of aryl methyl sites for hydroxylation is 1. The van der Waals surface area contributed by atoms with Crippen LogP contribution in [0.2, 0.25) is 0 Å². The van der Waals surface area contributed by atoms with Gasteiger partial charge in [0.05, 0.1) is 11.9 Å². The molecule has 8 heteroatoms. The van der Waals surface area contributed by atoms with E-state index in [0.717, 1.165) is 25.2 Å². The maximum atomic E-state index is 12.2. The Labute approximate surface area is 158 Å². The van der Waals surface area contributed by atoms with Crippen molar-refractivity contribution in [3.05, 3.63) is 50.5 Å². The number of aromatic hydroxyl groups is 1. The molecule has 0 atom stereocenters. The lowest BCUT2D eigenvalue weighted by Crippen LogP contribution is -2.30. The molecule has 0 bridgehead atoms. The number of aromatic nitrogens is 2. The van der Waals surface area contributed by atoms with Gasteiger partial charge in [0, 0.05) is 13.1 Å². The normalized spacial score (nSPS) is 11.4. The molecule has 0 aliphatic rings. The topological polar surface area (TPSA) is 85.7 Å². The molecule has 0 aliphatic carbocycles. The van der Waals surface area contributed by atoms with Crippen LogP contribution < -0.4 is 11.0 Å². The predicted molar refractivity (Wildman–Crippen MR) is 107 cm³/mol. The van der Waals surface area contributed by atoms with Gasteiger partial charge in [-0.2, -0.15) is 5.10 Å². The lowest BCUT2D eigenvalue weighted by atomic mass is 10.2. The van der Waals surface area contributed by atoms with E-state index in [1.54, 1.807) is 0 Å². The van der Waals surface area contributed by atoms with E-state index in [1.165, 1.54) is 10.8 Å². The lowest BCUT2D eigenvalue weighted by Gasteiger charge is -2.17. The minimum absolute atomic E-state index is 0.0513. The van der Waals surface area contributed by atoms with E-state index in [2.05, 4.69) is 34.3 Å². The summed E-state index contributed by atoms with van der Waals surface area (Å²) in [5, 5.41) is 14.6. The molecule has 0 spiro atoms. The summed E-state index contributed by atoms with van der Waals surface area (Å²) in [7, 11) is 0. The SMILES string of the molecule is CCN(CC)CCNN=Cc1c(O)n(-c2cccc(C)c2)c(=S)[nH]c1=O. The highest BCUT2D eigenvalue weighted by Gasteiger charge is 2.12. The fourth-order valence-corrected chi connectivity index (χ4v) is 2.87. The zero-order chi connectivity index (χ0) is 19.1. The number of H-pyrrole nitrogens is 1. The molecule has 7 nitrogen and oxygen atoms in total. The molecule has 0 aliphatic heterocycles. The molecule has 0 amide bonds. The number of likely N-dealkylation sites (N-methyl/N-ethyl adjacent to an activating group) is 1. The molecule has 2 rings (SSSR count). The minimum atomic E-state index is -0.481. The molecule has 0 radical (unpaired) electrons. The van der Waals surface area contributed by atoms with E-state index in [0.29, 0.717) is 12.2 Å². The van der Waals surface area contributed by atoms with E-state index < -0.39 is 5.56 Å². The Bertz CT molecular complexity index is 884. The Morgan fingerprint density at radius 2 is 2.12 bits per heavy atom. The zero-order valence-electron chi connectivity index (χ0n) is 15.3. The van der Waals surface area contributed by atoms with Gasteiger partial charge in [0.25, 0.3) is 5.56 Å². The number of rotatable bonds is 8. The first-order valence-corrected chi connectivity index (χ1v) is 9.02. The molecule has 0 saturated heterocycles. The van der Waals surface area contributed by atoms with E-state index >= 15 is 0 Å². The highest BCUT2D eigenvalue weighted by Crippen LogP contribution is 2.19. The number of nitrogens with one attached hydrogen (secondary N) is 2. The number of hydrogen-bond acceptors (Lipinski definition) is 6. The molecule has 3 N–H and O–H groups in total. The Hall–Kier alpha value is -2.45. The molecule has 140 valence electrons. The number of benzene rings is 1. The third-order valence-corrected chi connectivity index (χ3v) is 4.38. The van der Waals surface area contributed by atoms with Gasteiger partial charge in [0.15, 0.2) is 4.77 Å². The highest BCUT2D eigenvalue weighted by atomic mass is 32.1. The molecule has 0 saturated carbocycles. The third-order valence-electron chi connectivity index (χ3n) is 4.10. The first kappa shape index (κ1) is 19.9. The van der Waals surface area contributed by atoms with Gasteiger partial charge in [-0.25, -0.2) is 0 Å². The summed E-state index contributed by atoms with van der Waals surface area (Å²) >= 11 is 5.20. The Morgan fingerprint density at radius 3 is 2.77 bits per heavy atom. The molecule has 2 aromatic rings. The summed E-state index contributed by atoms with van der Waals surface area (Å²) in [6.07, 6.45) is 1.32. The van der Waals surface area contributed by atoms with Crippen molar-refractivity contribution < 1.29 is 5.11 Å². The van der Waals surface area contributed by atoms with Gasteiger partial charge in [-0.3, -0.25) is 14.3 Å². The second kappa shape index (κ2) is 9.30. The summed E-state index contributed by atoms with van der Waals surface area (Å²) in [6.45, 7) is 9.58. The summed E-state index contributed by atoms with van der Waals surface area (Å²) in [5.41, 5.74) is 4.16. The average molecular weight is 375 g/mol. The Morgan fingerprint density at radius 1 is 1.38 bits per heavy atom. The van der Waals surface area contributed by atoms with Crippen molar-refractivity contribution in [3.63, 3.8) is 0 Å². The van der Waals surface area contributed by atoms with E-state index in [9.17, 15) is 9.90 Å². The van der Waals surface area contributed by atoms with Gasteiger partial charge in [0.1, 0.15) is 5.56 Å². The highest BCUT2D eigenvalue weighted by molar-refractivity contribution is 7.71. The van der Waals surface area contributed by atoms with E-state index in [1.807, 2.05) is 31.2 Å². The van der Waals surface area contributed by atoms with Crippen molar-refractivity contribution in [2.24, 2.45) is 5.10 Å². The average Bonchev–Trinajstić information content (AvgIpc) is 2.60. The van der Waals surface area contributed by atoms with Gasteiger partial charge < -0.3 is 15.4 Å². The van der Waals surface area contributed by atoms with Crippen LogP contribution in [0.5, 0.6) is 5.88 Å². The van der Waals surface area contributed by atoms with Crippen LogP contribution in [-0.4, -0.2) is 52.0 Å². The largest absolute Gasteiger partial charge is 0.494 e.